The predicted octanol–water partition coefficient (Wildman–Crippen LogP) is 7.29. The monoisotopic (exact) mass is 919 g/mol. The minimum absolute atomic E-state index is 0. The molecule has 2 aromatic heterocycles. The Hall–Kier alpha value is -6.13. The van der Waals surface area contributed by atoms with Gasteiger partial charge in [0.05, 0.1) is 47.6 Å². The van der Waals surface area contributed by atoms with E-state index in [-0.39, 0.29) is 37.6 Å². The van der Waals surface area contributed by atoms with Gasteiger partial charge in [-0.05, 0) is 82.6 Å². The van der Waals surface area contributed by atoms with Crippen LogP contribution >= 0.6 is 0 Å². The van der Waals surface area contributed by atoms with Crippen LogP contribution in [0.4, 0.5) is 4.79 Å². The smallest absolute Gasteiger partial charge is 0.408 e. The van der Waals surface area contributed by atoms with Crippen LogP contribution in [0, 0.1) is 11.8 Å². The van der Waals surface area contributed by atoms with Gasteiger partial charge in [0.25, 0.3) is 0 Å². The number of nitrogens with zero attached hydrogens (tertiary/aromatic N) is 2. The third-order valence-corrected chi connectivity index (χ3v) is 12.2. The number of esters is 1. The average Bonchev–Trinajstić information content (AvgIpc) is 3.79. The summed E-state index contributed by atoms with van der Waals surface area (Å²) in [5.41, 5.74) is 4.90. The Bertz CT molecular complexity index is 2450. The molecule has 362 valence electrons. The molecule has 0 bridgehead atoms. The Morgan fingerprint density at radius 1 is 0.742 bits per heavy atom. The molecule has 0 radical (unpaired) electrons. The van der Waals surface area contributed by atoms with Crippen LogP contribution in [0.2, 0.25) is 0 Å². The number of piperazine rings is 1. The number of amides is 4. The van der Waals surface area contributed by atoms with Gasteiger partial charge >= 0.3 is 12.1 Å². The van der Waals surface area contributed by atoms with Crippen molar-refractivity contribution in [2.24, 2.45) is 11.8 Å². The lowest BCUT2D eigenvalue weighted by atomic mass is 9.85. The summed E-state index contributed by atoms with van der Waals surface area (Å²) in [5.74, 6) is 2.00. The van der Waals surface area contributed by atoms with E-state index in [1.807, 2.05) is 24.3 Å². The van der Waals surface area contributed by atoms with Gasteiger partial charge in [0.15, 0.2) is 23.0 Å². The van der Waals surface area contributed by atoms with Crippen molar-refractivity contribution in [3.8, 4) is 23.0 Å². The van der Waals surface area contributed by atoms with E-state index in [1.54, 1.807) is 72.9 Å². The quantitative estimate of drug-likeness (QED) is 0.110. The molecule has 17 nitrogen and oxygen atoms in total. The largest absolute Gasteiger partial charge is 0.493 e. The van der Waals surface area contributed by atoms with Crippen LogP contribution in [0.3, 0.4) is 0 Å². The van der Waals surface area contributed by atoms with Crippen molar-refractivity contribution < 1.29 is 52.4 Å². The van der Waals surface area contributed by atoms with Gasteiger partial charge < -0.3 is 58.8 Å². The van der Waals surface area contributed by atoms with E-state index in [2.05, 4.69) is 48.3 Å². The number of fused-ring (bicyclic) bond motifs is 7. The summed E-state index contributed by atoms with van der Waals surface area (Å²) in [4.78, 5) is 75.4. The van der Waals surface area contributed by atoms with Crippen LogP contribution in [0.5, 0.6) is 23.0 Å². The van der Waals surface area contributed by atoms with E-state index in [0.29, 0.717) is 41.8 Å². The van der Waals surface area contributed by atoms with Crippen LogP contribution in [-0.2, 0) is 41.5 Å². The predicted molar refractivity (Wildman–Crippen MR) is 251 cm³/mol. The number of nitrogens with one attached hydrogen (secondary N) is 4. The Labute approximate surface area is 387 Å². The molecule has 2 aromatic carbocycles. The molecule has 6 atom stereocenters. The highest BCUT2D eigenvalue weighted by Gasteiger charge is 2.48. The first-order valence-electron chi connectivity index (χ1n) is 22.2. The van der Waals surface area contributed by atoms with Crippen molar-refractivity contribution in [3.05, 3.63) is 46.8 Å². The highest BCUT2D eigenvalue weighted by Crippen LogP contribution is 2.46. The van der Waals surface area contributed by atoms with Gasteiger partial charge in [-0.1, -0.05) is 35.1 Å². The average molecular weight is 919 g/mol. The van der Waals surface area contributed by atoms with E-state index < -0.39 is 53.8 Å². The highest BCUT2D eigenvalue weighted by molar-refractivity contribution is 5.99. The van der Waals surface area contributed by atoms with Crippen molar-refractivity contribution in [1.82, 2.24) is 30.4 Å². The molecule has 17 heteroatoms. The fourth-order valence-electron chi connectivity index (χ4n) is 9.39. The molecule has 66 heavy (non-hydrogen) atoms. The third-order valence-electron chi connectivity index (χ3n) is 12.2. The van der Waals surface area contributed by atoms with Crippen LogP contribution < -0.4 is 29.6 Å². The van der Waals surface area contributed by atoms with Gasteiger partial charge in [0.1, 0.15) is 29.8 Å². The fourth-order valence-corrected chi connectivity index (χ4v) is 9.39. The van der Waals surface area contributed by atoms with E-state index in [4.69, 9.17) is 28.4 Å². The Morgan fingerprint density at radius 2 is 1.21 bits per heavy atom. The number of methoxy groups -OCH3 is 5. The second-order valence-corrected chi connectivity index (χ2v) is 18.9. The van der Waals surface area contributed by atoms with Crippen LogP contribution in [-0.4, -0.2) is 115 Å². The minimum Gasteiger partial charge on any atom is -0.493 e. The maximum absolute atomic E-state index is 13.8. The first-order valence-corrected chi connectivity index (χ1v) is 22.2. The van der Waals surface area contributed by atoms with Gasteiger partial charge in [0.2, 0.25) is 17.7 Å². The normalized spacial score (nSPS) is 20.5. The molecule has 0 unspecified atom stereocenters. The summed E-state index contributed by atoms with van der Waals surface area (Å²) < 4.78 is 32.4. The zero-order valence-corrected chi connectivity index (χ0v) is 40.1. The summed E-state index contributed by atoms with van der Waals surface area (Å²) >= 11 is 0. The summed E-state index contributed by atoms with van der Waals surface area (Å²) in [6, 6.07) is 4.23. The van der Waals surface area contributed by atoms with Gasteiger partial charge in [-0.15, -0.1) is 0 Å². The summed E-state index contributed by atoms with van der Waals surface area (Å²) in [6.45, 7) is 17.0. The fraction of sp³-hybridized carbons (Fsp3) is 0.571. The molecular weight excluding hydrogens is 849 g/mol. The number of aromatic nitrogens is 2. The van der Waals surface area contributed by atoms with Gasteiger partial charge in [-0.25, -0.2) is 9.59 Å². The number of carbonyl (C=O) groups is 5. The van der Waals surface area contributed by atoms with Gasteiger partial charge in [-0.3, -0.25) is 14.4 Å². The molecule has 3 aliphatic rings. The molecule has 4 aromatic rings. The van der Waals surface area contributed by atoms with Crippen molar-refractivity contribution >= 4 is 51.6 Å². The van der Waals surface area contributed by atoms with E-state index in [0.717, 1.165) is 50.7 Å². The number of ether oxygens (including phenoxy) is 6. The number of rotatable bonds is 11. The molecule has 5 heterocycles. The Morgan fingerprint density at radius 3 is 1.68 bits per heavy atom. The molecule has 3 aliphatic heterocycles. The topological polar surface area (TPSA) is 203 Å². The number of hydrogen-bond acceptors (Lipinski definition) is 11. The zero-order chi connectivity index (χ0) is 47.8. The number of benzene rings is 2. The first-order chi connectivity index (χ1) is 30.7. The van der Waals surface area contributed by atoms with E-state index >= 15 is 0 Å². The third kappa shape index (κ3) is 9.99. The van der Waals surface area contributed by atoms with Gasteiger partial charge in [0, 0.05) is 58.2 Å². The molecule has 1 fully saturated rings. The number of hydrogen-bond donors (Lipinski definition) is 4. The van der Waals surface area contributed by atoms with Crippen LogP contribution in [0.15, 0.2) is 24.3 Å². The lowest BCUT2D eigenvalue weighted by molar-refractivity contribution is -0.157. The standard InChI is InChI=1S/C27H39N3O7.C21H27N3O4.CH4/c1-14(2)10-19-23-17(16-12-21(34-7)22(35-8)13-18(16)29-23)11-20(25(32)36-9)30(19)24(31)15(3)28-26(33)37-27(4,5)6;1-10(2)6-15-19-13(7-16-20(25)22-11(3)21(26)24(15)16)12-8-17(27-4)18(28-5)9-14(12)23-19;/h12-15,19-20,29H,10-11H2,1-9H3,(H,28,33);8-11,15-16,23H,6-7H2,1-5H3,(H,22,25);1H4/t15-,19-,20-;11-,15-,16-;/m00./s1. The molecule has 1 saturated heterocycles. The first kappa shape index (κ1) is 50.9. The number of H-pyrrole nitrogens is 2. The molecule has 0 aliphatic carbocycles. The second-order valence-electron chi connectivity index (χ2n) is 18.9. The minimum atomic E-state index is -0.928. The second kappa shape index (κ2) is 20.2. The summed E-state index contributed by atoms with van der Waals surface area (Å²) in [7, 11) is 7.67. The Kier molecular flexibility index (Phi) is 15.5. The summed E-state index contributed by atoms with van der Waals surface area (Å²) in [5, 5.41) is 7.35. The lowest BCUT2D eigenvalue weighted by Crippen LogP contribution is -2.65. The maximum atomic E-state index is 13.8. The van der Waals surface area contributed by atoms with Crippen LogP contribution in [0.1, 0.15) is 117 Å². The summed E-state index contributed by atoms with van der Waals surface area (Å²) in [6.07, 6.45) is 1.41. The molecule has 7 rings (SSSR count). The zero-order valence-electron chi connectivity index (χ0n) is 40.1. The van der Waals surface area contributed by atoms with Crippen molar-refractivity contribution in [3.63, 3.8) is 0 Å². The molecule has 4 N–H and O–H groups in total. The number of alkyl carbamates (subject to hydrolysis) is 1. The highest BCUT2D eigenvalue weighted by atomic mass is 16.6. The SMILES string of the molecule is C.COC(=O)[C@@H]1Cc2c([nH]c3cc(OC)c(OC)cc23)[C@H](CC(C)C)N1C(=O)[C@H](C)NC(=O)OC(C)(C)C.COc1cc2[nH]c3c(c2cc1OC)C[C@H]1C(=O)N[C@@H](C)C(=O)N1[C@H]3CC(C)C. The molecule has 4 amide bonds. The van der Waals surface area contributed by atoms with Crippen molar-refractivity contribution in [2.75, 3.05) is 35.5 Å². The molecule has 0 spiro atoms. The van der Waals surface area contributed by atoms with Crippen molar-refractivity contribution in [2.45, 2.75) is 137 Å². The van der Waals surface area contributed by atoms with E-state index in [1.165, 1.54) is 7.11 Å². The number of aromatic amines is 2. The molecular formula is C49H70N6O11. The van der Waals surface area contributed by atoms with E-state index in [9.17, 15) is 24.0 Å². The maximum Gasteiger partial charge on any atom is 0.408 e. The Balaban J connectivity index is 0.000000252. The van der Waals surface area contributed by atoms with Crippen LogP contribution in [0.25, 0.3) is 21.8 Å². The lowest BCUT2D eigenvalue weighted by Gasteiger charge is -2.46. The van der Waals surface area contributed by atoms with Gasteiger partial charge in [-0.2, -0.15) is 0 Å². The van der Waals surface area contributed by atoms with Crippen molar-refractivity contribution in [1.29, 1.82) is 0 Å². The molecule has 0 saturated carbocycles. The number of carbonyl (C=O) groups excluding carboxylic acids is 5.